The van der Waals surface area contributed by atoms with Gasteiger partial charge in [-0.2, -0.15) is 0 Å². The molecule has 0 amide bonds. The van der Waals surface area contributed by atoms with E-state index in [4.69, 9.17) is 11.1 Å². The Morgan fingerprint density at radius 3 is 0.613 bits per heavy atom. The highest BCUT2D eigenvalue weighted by Crippen LogP contribution is 2.73. The monoisotopic (exact) mass is 647 g/mol. The molecule has 0 aromatic heterocycles. The fourth-order valence-corrected chi connectivity index (χ4v) is 140. The molecule has 0 spiro atoms. The summed E-state index contributed by atoms with van der Waals surface area (Å²) >= 11 is 16.4. The van der Waals surface area contributed by atoms with E-state index in [-0.39, 0.29) is 30.2 Å². The first-order valence-corrected chi connectivity index (χ1v) is 27.8. The van der Waals surface area contributed by atoms with Crippen LogP contribution in [0.3, 0.4) is 0 Å². The quantitative estimate of drug-likeness (QED) is 0.211. The molecule has 0 rings (SSSR count). The lowest BCUT2D eigenvalue weighted by Crippen LogP contribution is -2.87. The van der Waals surface area contributed by atoms with E-state index in [2.05, 4.69) is 155 Å². The standard InChI is InChI=1S/C24H54Br2ClSi4/c1-19(2,3)29(20(4,5)6,21(7,8)9)28(31(25,26)27)30(22(10,11)12,23(13,14)15)24(16,17)18/h1-18H3. The molecule has 0 aromatic carbocycles. The van der Waals surface area contributed by atoms with Gasteiger partial charge in [-0.15, -0.1) is 11.1 Å². The molecule has 0 bridgehead atoms. The van der Waals surface area contributed by atoms with Crippen LogP contribution < -0.4 is 0 Å². The topological polar surface area (TPSA) is 0 Å². The van der Waals surface area contributed by atoms with Gasteiger partial charge in [-0.1, -0.05) is 155 Å². The van der Waals surface area contributed by atoms with E-state index in [1.54, 1.807) is 0 Å². The van der Waals surface area contributed by atoms with Crippen LogP contribution in [0, 0.1) is 0 Å². The first-order chi connectivity index (χ1) is 12.9. The van der Waals surface area contributed by atoms with Gasteiger partial charge >= 0.3 is 0 Å². The van der Waals surface area contributed by atoms with Gasteiger partial charge in [0, 0.05) is 0 Å². The zero-order chi connectivity index (χ0) is 26.1. The normalized spacial score (nSPS) is 16.8. The number of hydrogen-bond acceptors (Lipinski definition) is 0. The molecule has 1 radical (unpaired) electrons. The van der Waals surface area contributed by atoms with E-state index in [9.17, 15) is 0 Å². The maximum Gasteiger partial charge on any atom is 0.271 e. The van der Waals surface area contributed by atoms with Crippen molar-refractivity contribution in [2.75, 3.05) is 0 Å². The summed E-state index contributed by atoms with van der Waals surface area (Å²) in [7, 11) is -5.34. The third-order valence-corrected chi connectivity index (χ3v) is 88.2. The van der Waals surface area contributed by atoms with Crippen LogP contribution >= 0.6 is 41.7 Å². The van der Waals surface area contributed by atoms with Crippen molar-refractivity contribution in [2.45, 2.75) is 155 Å². The summed E-state index contributed by atoms with van der Waals surface area (Å²) in [6.07, 6.45) is 0. The van der Waals surface area contributed by atoms with Crippen LogP contribution in [0.5, 0.6) is 0 Å². The molecule has 0 nitrogen and oxygen atoms in total. The molecule has 7 heteroatoms. The molecule has 0 fully saturated rings. The molecule has 187 valence electrons. The van der Waals surface area contributed by atoms with Crippen molar-refractivity contribution in [3.05, 3.63) is 0 Å². The van der Waals surface area contributed by atoms with Crippen LogP contribution in [0.1, 0.15) is 125 Å². The molecule has 0 saturated heterocycles. The molecule has 0 aliphatic rings. The predicted molar refractivity (Wildman–Crippen MR) is 165 cm³/mol. The second-order valence-electron chi connectivity index (χ2n) is 15.9. The second kappa shape index (κ2) is 8.90. The van der Waals surface area contributed by atoms with Gasteiger partial charge < -0.3 is 0 Å². The lowest BCUT2D eigenvalue weighted by Gasteiger charge is -2.73. The fourth-order valence-electron chi connectivity index (χ4n) is 9.71. The van der Waals surface area contributed by atoms with Crippen molar-refractivity contribution < 1.29 is 0 Å². The summed E-state index contributed by atoms with van der Waals surface area (Å²) in [5.74, 6) is 0. The van der Waals surface area contributed by atoms with Gasteiger partial charge in [0.2, 0.25) is 0 Å². The van der Waals surface area contributed by atoms with Crippen molar-refractivity contribution in [3.63, 3.8) is 0 Å². The molecule has 0 aromatic rings. The fraction of sp³-hybridized carbons (Fsp3) is 1.00. The number of hydrogen-bond donors (Lipinski definition) is 0. The Morgan fingerprint density at radius 1 is 0.419 bits per heavy atom. The van der Waals surface area contributed by atoms with Crippen LogP contribution in [0.15, 0.2) is 0 Å². The van der Waals surface area contributed by atoms with Gasteiger partial charge in [0.15, 0.2) is 0 Å². The van der Waals surface area contributed by atoms with Crippen LogP contribution in [0.4, 0.5) is 0 Å². The molecule has 0 saturated carbocycles. The number of halogens is 3. The average Bonchev–Trinajstić information content (AvgIpc) is 2.25. The van der Waals surface area contributed by atoms with E-state index in [1.165, 1.54) is 0 Å². The van der Waals surface area contributed by atoms with E-state index < -0.39 is 26.7 Å². The molecular formula is C24H54Br2ClSi4. The van der Waals surface area contributed by atoms with Gasteiger partial charge in [-0.3, -0.25) is 0 Å². The minimum Gasteiger partial charge on any atom is -0.142 e. The van der Waals surface area contributed by atoms with Crippen molar-refractivity contribution in [1.82, 2.24) is 0 Å². The molecule has 31 heavy (non-hydrogen) atoms. The average molecular weight is 650 g/mol. The van der Waals surface area contributed by atoms with Crippen LogP contribution in [0.2, 0.25) is 30.2 Å². The molecule has 0 atom stereocenters. The van der Waals surface area contributed by atoms with Crippen LogP contribution in [-0.2, 0) is 0 Å². The maximum atomic E-state index is 7.79. The highest BCUT2D eigenvalue weighted by Gasteiger charge is 2.79. The molecular weight excluding hydrogens is 596 g/mol. The lowest BCUT2D eigenvalue weighted by atomic mass is 10.2. The third kappa shape index (κ3) is 5.30. The second-order valence-corrected chi connectivity index (χ2v) is 65.5. The molecule has 0 aliphatic heterocycles. The van der Waals surface area contributed by atoms with E-state index in [1.807, 2.05) is 0 Å². The minimum atomic E-state index is -2.39. The van der Waals surface area contributed by atoms with Crippen LogP contribution in [-0.4, -0.2) is 26.7 Å². The van der Waals surface area contributed by atoms with Gasteiger partial charge in [0.25, 0.3) is 4.14 Å². The van der Waals surface area contributed by atoms with E-state index >= 15 is 0 Å². The Morgan fingerprint density at radius 2 is 0.548 bits per heavy atom. The number of rotatable bonds is 3. The summed E-state index contributed by atoms with van der Waals surface area (Å²) in [6, 6.07) is 0. The van der Waals surface area contributed by atoms with Gasteiger partial charge in [-0.05, 0) is 30.2 Å². The Balaban J connectivity index is 8.55. The minimum absolute atomic E-state index is 0.229. The first kappa shape index (κ1) is 33.1. The first-order valence-electron chi connectivity index (χ1n) is 11.8. The largest absolute Gasteiger partial charge is 0.271 e. The van der Waals surface area contributed by atoms with Crippen molar-refractivity contribution in [3.8, 4) is 0 Å². The Hall–Kier alpha value is 2.12. The highest BCUT2D eigenvalue weighted by molar-refractivity contribution is 9.55. The van der Waals surface area contributed by atoms with Crippen molar-refractivity contribution in [1.29, 1.82) is 0 Å². The third-order valence-electron chi connectivity index (χ3n) is 7.78. The molecule has 0 heterocycles. The summed E-state index contributed by atoms with van der Waals surface area (Å²) in [5.41, 5.74) is 0. The zero-order valence-corrected chi connectivity index (χ0v) is 32.1. The summed E-state index contributed by atoms with van der Waals surface area (Å²) < 4.78 is -2.39. The Labute approximate surface area is 221 Å². The Kier molecular flexibility index (Phi) is 9.51. The van der Waals surface area contributed by atoms with Gasteiger partial charge in [0.05, 0.1) is 22.5 Å². The van der Waals surface area contributed by atoms with Crippen molar-refractivity contribution >= 4 is 68.3 Å². The summed E-state index contributed by atoms with van der Waals surface area (Å²) in [4.78, 5) is 0. The van der Waals surface area contributed by atoms with Crippen LogP contribution in [0.25, 0.3) is 0 Å². The maximum absolute atomic E-state index is 7.79. The molecule has 0 unspecified atom stereocenters. The summed E-state index contributed by atoms with van der Waals surface area (Å²) in [5, 5.41) is 1.37. The predicted octanol–water partition coefficient (Wildman–Crippen LogP) is 11.4. The van der Waals surface area contributed by atoms with Gasteiger partial charge in [-0.25, -0.2) is 0 Å². The summed E-state index contributed by atoms with van der Waals surface area (Å²) in [6.45, 7) is 46.1. The smallest absolute Gasteiger partial charge is 0.142 e. The van der Waals surface area contributed by atoms with Crippen molar-refractivity contribution in [2.24, 2.45) is 0 Å². The molecule has 0 N–H and O–H groups in total. The van der Waals surface area contributed by atoms with E-state index in [0.29, 0.717) is 0 Å². The Bertz CT molecular complexity index is 506. The zero-order valence-electron chi connectivity index (χ0n) is 24.1. The SMILES string of the molecule is CC(C)(C)[Si]([Si]([Si](Cl)(Br)Br)[Si](C(C)(C)C)(C(C)(C)C)C(C)(C)C)(C(C)(C)C)C(C)(C)C. The van der Waals surface area contributed by atoms with Gasteiger partial charge in [0.1, 0.15) is 0 Å². The highest BCUT2D eigenvalue weighted by atomic mass is 79.9. The van der Waals surface area contributed by atoms with E-state index in [0.717, 1.165) is 0 Å². The lowest BCUT2D eigenvalue weighted by molar-refractivity contribution is 0.544. The molecule has 0 aliphatic carbocycles.